The van der Waals surface area contributed by atoms with Crippen LogP contribution < -0.4 is 5.73 Å². The number of rotatable bonds is 2. The molecule has 20 heavy (non-hydrogen) atoms. The summed E-state index contributed by atoms with van der Waals surface area (Å²) in [6.07, 6.45) is 0. The molecule has 0 bridgehead atoms. The maximum Gasteiger partial charge on any atom is 0.262 e. The smallest absolute Gasteiger partial charge is 0.262 e. The van der Waals surface area contributed by atoms with Crippen LogP contribution in [-0.2, 0) is 0 Å². The van der Waals surface area contributed by atoms with Crippen LogP contribution in [-0.4, -0.2) is 20.4 Å². The summed E-state index contributed by atoms with van der Waals surface area (Å²) >= 11 is 0. The van der Waals surface area contributed by atoms with Gasteiger partial charge in [-0.2, -0.15) is 4.98 Å². The third-order valence-electron chi connectivity index (χ3n) is 2.78. The summed E-state index contributed by atoms with van der Waals surface area (Å²) in [5.41, 5.74) is 7.03. The molecule has 2 aromatic carbocycles. The van der Waals surface area contributed by atoms with Gasteiger partial charge in [0.05, 0.1) is 5.56 Å². The van der Waals surface area contributed by atoms with E-state index in [2.05, 4.69) is 10.1 Å². The molecular weight excluding hydrogens is 258 g/mol. The summed E-state index contributed by atoms with van der Waals surface area (Å²) in [4.78, 5) is 4.19. The second-order valence-corrected chi connectivity index (χ2v) is 4.25. The maximum absolute atomic E-state index is 9.82. The van der Waals surface area contributed by atoms with Crippen molar-refractivity contribution in [3.8, 4) is 34.3 Å². The van der Waals surface area contributed by atoms with Gasteiger partial charge in [0.2, 0.25) is 5.82 Å². The van der Waals surface area contributed by atoms with Crippen molar-refractivity contribution in [2.75, 3.05) is 5.73 Å². The number of phenolic OH excluding ortho intramolecular Hbond substituents is 2. The number of nitrogen functional groups attached to an aromatic ring is 1. The van der Waals surface area contributed by atoms with E-state index >= 15 is 0 Å². The summed E-state index contributed by atoms with van der Waals surface area (Å²) in [7, 11) is 0. The zero-order valence-electron chi connectivity index (χ0n) is 10.3. The molecule has 0 unspecified atom stereocenters. The first-order valence-electron chi connectivity index (χ1n) is 5.85. The summed E-state index contributed by atoms with van der Waals surface area (Å²) in [6.45, 7) is 0. The van der Waals surface area contributed by atoms with E-state index in [1.165, 1.54) is 12.1 Å². The minimum Gasteiger partial charge on any atom is -0.508 e. The third-order valence-corrected chi connectivity index (χ3v) is 2.78. The van der Waals surface area contributed by atoms with Crippen molar-refractivity contribution in [3.63, 3.8) is 0 Å². The van der Waals surface area contributed by atoms with Gasteiger partial charge in [-0.1, -0.05) is 17.3 Å². The number of nitrogens with zero attached hydrogens (tertiary/aromatic N) is 2. The molecule has 0 aliphatic heterocycles. The van der Waals surface area contributed by atoms with Gasteiger partial charge < -0.3 is 20.5 Å². The Morgan fingerprint density at radius 2 is 1.90 bits per heavy atom. The Kier molecular flexibility index (Phi) is 2.76. The van der Waals surface area contributed by atoms with Gasteiger partial charge in [-0.15, -0.1) is 0 Å². The van der Waals surface area contributed by atoms with Crippen LogP contribution in [0.1, 0.15) is 0 Å². The van der Waals surface area contributed by atoms with Gasteiger partial charge >= 0.3 is 0 Å². The number of hydrogen-bond acceptors (Lipinski definition) is 6. The number of anilines is 1. The van der Waals surface area contributed by atoms with Crippen LogP contribution in [0.25, 0.3) is 22.8 Å². The molecule has 0 saturated carbocycles. The number of aromatic hydroxyl groups is 2. The third kappa shape index (κ3) is 2.14. The van der Waals surface area contributed by atoms with Crippen molar-refractivity contribution in [2.45, 2.75) is 0 Å². The fraction of sp³-hybridized carbons (Fsp3) is 0. The molecule has 0 atom stereocenters. The molecule has 4 N–H and O–H groups in total. The predicted molar refractivity (Wildman–Crippen MR) is 72.9 cm³/mol. The summed E-state index contributed by atoms with van der Waals surface area (Å²) < 4.78 is 5.12. The SMILES string of the molecule is Nc1ccc(-c2nc(-c3cccc(O)c3)no2)c(O)c1. The lowest BCUT2D eigenvalue weighted by Gasteiger charge is -1.99. The van der Waals surface area contributed by atoms with E-state index in [-0.39, 0.29) is 17.4 Å². The van der Waals surface area contributed by atoms with E-state index in [1.807, 2.05) is 0 Å². The van der Waals surface area contributed by atoms with Gasteiger partial charge in [0.25, 0.3) is 5.89 Å². The van der Waals surface area contributed by atoms with E-state index in [9.17, 15) is 10.2 Å². The molecule has 3 rings (SSSR count). The van der Waals surface area contributed by atoms with Gasteiger partial charge in [0.1, 0.15) is 11.5 Å². The van der Waals surface area contributed by atoms with Crippen molar-refractivity contribution >= 4 is 5.69 Å². The number of aromatic nitrogens is 2. The molecule has 0 saturated heterocycles. The molecule has 0 fully saturated rings. The van der Waals surface area contributed by atoms with Crippen LogP contribution in [0.4, 0.5) is 5.69 Å². The molecule has 1 aromatic heterocycles. The molecule has 3 aromatic rings. The van der Waals surface area contributed by atoms with Crippen molar-refractivity contribution in [3.05, 3.63) is 42.5 Å². The van der Waals surface area contributed by atoms with Gasteiger partial charge in [0, 0.05) is 17.3 Å². The summed E-state index contributed by atoms with van der Waals surface area (Å²) in [6, 6.07) is 11.2. The lowest BCUT2D eigenvalue weighted by Crippen LogP contribution is -1.86. The first-order chi connectivity index (χ1) is 9.63. The lowest BCUT2D eigenvalue weighted by atomic mass is 10.1. The van der Waals surface area contributed by atoms with E-state index in [1.54, 1.807) is 30.3 Å². The highest BCUT2D eigenvalue weighted by atomic mass is 16.5. The standard InChI is InChI=1S/C14H11N3O3/c15-9-4-5-11(12(19)7-9)14-16-13(17-20-14)8-2-1-3-10(18)6-8/h1-7,18-19H,15H2. The molecule has 0 radical (unpaired) electrons. The summed E-state index contributed by atoms with van der Waals surface area (Å²) in [5, 5.41) is 23.1. The number of benzene rings is 2. The van der Waals surface area contributed by atoms with E-state index < -0.39 is 0 Å². The van der Waals surface area contributed by atoms with Crippen molar-refractivity contribution < 1.29 is 14.7 Å². The Hall–Kier alpha value is -3.02. The fourth-order valence-corrected chi connectivity index (χ4v) is 1.82. The molecule has 6 nitrogen and oxygen atoms in total. The number of hydrogen-bond donors (Lipinski definition) is 3. The van der Waals surface area contributed by atoms with Gasteiger partial charge in [-0.3, -0.25) is 0 Å². The second kappa shape index (κ2) is 4.58. The molecule has 0 spiro atoms. The van der Waals surface area contributed by atoms with Crippen LogP contribution in [0.15, 0.2) is 47.0 Å². The topological polar surface area (TPSA) is 105 Å². The number of nitrogens with two attached hydrogens (primary N) is 1. The van der Waals surface area contributed by atoms with Gasteiger partial charge in [-0.05, 0) is 24.3 Å². The summed E-state index contributed by atoms with van der Waals surface area (Å²) in [5.74, 6) is 0.591. The molecule has 0 aliphatic carbocycles. The Bertz CT molecular complexity index is 768. The minimum atomic E-state index is -0.0314. The predicted octanol–water partition coefficient (Wildman–Crippen LogP) is 2.40. The maximum atomic E-state index is 9.82. The highest BCUT2D eigenvalue weighted by Gasteiger charge is 2.14. The Morgan fingerprint density at radius 3 is 2.65 bits per heavy atom. The molecule has 6 heteroatoms. The quantitative estimate of drug-likeness (QED) is 0.617. The molecule has 0 amide bonds. The van der Waals surface area contributed by atoms with E-state index in [0.29, 0.717) is 22.6 Å². The van der Waals surface area contributed by atoms with Crippen LogP contribution in [0.2, 0.25) is 0 Å². The first-order valence-corrected chi connectivity index (χ1v) is 5.85. The Balaban J connectivity index is 2.02. The van der Waals surface area contributed by atoms with Crippen molar-refractivity contribution in [1.29, 1.82) is 0 Å². The van der Waals surface area contributed by atoms with Crippen LogP contribution >= 0.6 is 0 Å². The van der Waals surface area contributed by atoms with Crippen molar-refractivity contribution in [1.82, 2.24) is 10.1 Å². The van der Waals surface area contributed by atoms with Crippen LogP contribution in [0, 0.1) is 0 Å². The van der Waals surface area contributed by atoms with Crippen LogP contribution in [0.5, 0.6) is 11.5 Å². The Morgan fingerprint density at radius 1 is 1.05 bits per heavy atom. The van der Waals surface area contributed by atoms with Crippen LogP contribution in [0.3, 0.4) is 0 Å². The first kappa shape index (κ1) is 12.0. The second-order valence-electron chi connectivity index (χ2n) is 4.25. The highest BCUT2D eigenvalue weighted by Crippen LogP contribution is 2.31. The van der Waals surface area contributed by atoms with E-state index in [4.69, 9.17) is 10.3 Å². The monoisotopic (exact) mass is 269 g/mol. The highest BCUT2D eigenvalue weighted by molar-refractivity contribution is 5.68. The average molecular weight is 269 g/mol. The molecule has 100 valence electrons. The zero-order valence-corrected chi connectivity index (χ0v) is 10.3. The fourth-order valence-electron chi connectivity index (χ4n) is 1.82. The normalized spacial score (nSPS) is 10.6. The molecule has 1 heterocycles. The average Bonchev–Trinajstić information content (AvgIpc) is 2.88. The van der Waals surface area contributed by atoms with Gasteiger partial charge in [-0.25, -0.2) is 0 Å². The zero-order chi connectivity index (χ0) is 14.1. The molecule has 0 aliphatic rings. The molecular formula is C14H11N3O3. The van der Waals surface area contributed by atoms with E-state index in [0.717, 1.165) is 0 Å². The lowest BCUT2D eigenvalue weighted by molar-refractivity contribution is 0.426. The Labute approximate surface area is 114 Å². The van der Waals surface area contributed by atoms with Crippen molar-refractivity contribution in [2.24, 2.45) is 0 Å². The van der Waals surface area contributed by atoms with Gasteiger partial charge in [0.15, 0.2) is 0 Å². The minimum absolute atomic E-state index is 0.0314. The largest absolute Gasteiger partial charge is 0.508 e. The number of phenols is 2.